The van der Waals surface area contributed by atoms with E-state index in [1.807, 2.05) is 6.07 Å². The van der Waals surface area contributed by atoms with Gasteiger partial charge in [0.1, 0.15) is 0 Å². The monoisotopic (exact) mass is 321 g/mol. The first-order chi connectivity index (χ1) is 10.6. The molecule has 0 saturated heterocycles. The Balaban J connectivity index is 1.65. The van der Waals surface area contributed by atoms with Gasteiger partial charge in [-0.2, -0.15) is 0 Å². The maximum atomic E-state index is 12.4. The van der Waals surface area contributed by atoms with Crippen molar-refractivity contribution in [2.24, 2.45) is 5.41 Å². The van der Waals surface area contributed by atoms with Crippen molar-refractivity contribution >= 4 is 23.2 Å². The van der Waals surface area contributed by atoms with Gasteiger partial charge in [-0.05, 0) is 50.2 Å². The Morgan fingerprint density at radius 2 is 1.86 bits per heavy atom. The van der Waals surface area contributed by atoms with Crippen molar-refractivity contribution in [2.45, 2.75) is 57.8 Å². The van der Waals surface area contributed by atoms with Crippen LogP contribution in [0.5, 0.6) is 0 Å². The van der Waals surface area contributed by atoms with Crippen LogP contribution in [0.3, 0.4) is 0 Å². The molecule has 0 atom stereocenters. The first-order valence-corrected chi connectivity index (χ1v) is 9.06. The zero-order valence-corrected chi connectivity index (χ0v) is 13.6. The minimum atomic E-state index is -0.780. The molecule has 1 aromatic heterocycles. The molecule has 4 nitrogen and oxygen atoms in total. The van der Waals surface area contributed by atoms with Crippen molar-refractivity contribution in [1.29, 1.82) is 0 Å². The van der Waals surface area contributed by atoms with E-state index in [2.05, 4.69) is 5.32 Å². The largest absolute Gasteiger partial charge is 0.481 e. The van der Waals surface area contributed by atoms with Crippen molar-refractivity contribution in [3.8, 4) is 0 Å². The highest BCUT2D eigenvalue weighted by molar-refractivity contribution is 7.14. The second kappa shape index (κ2) is 6.41. The van der Waals surface area contributed by atoms with Crippen LogP contribution in [0.2, 0.25) is 0 Å². The topological polar surface area (TPSA) is 66.4 Å². The van der Waals surface area contributed by atoms with Crippen LogP contribution in [-0.4, -0.2) is 23.5 Å². The third-order valence-electron chi connectivity index (χ3n) is 5.07. The number of carbonyl (C=O) groups excluding carboxylic acids is 1. The Morgan fingerprint density at radius 3 is 2.50 bits per heavy atom. The lowest BCUT2D eigenvalue weighted by atomic mass is 9.69. The number of thiophene rings is 1. The number of amides is 1. The van der Waals surface area contributed by atoms with Crippen LogP contribution in [0, 0.1) is 5.41 Å². The smallest absolute Gasteiger partial charge is 0.311 e. The molecule has 0 unspecified atom stereocenters. The Morgan fingerprint density at radius 1 is 1.14 bits per heavy atom. The zero-order chi connectivity index (χ0) is 15.6. The molecule has 1 saturated carbocycles. The fourth-order valence-electron chi connectivity index (χ4n) is 3.36. The van der Waals surface area contributed by atoms with Gasteiger partial charge in [0.05, 0.1) is 10.3 Å². The highest BCUT2D eigenvalue weighted by Gasteiger charge is 2.44. The van der Waals surface area contributed by atoms with E-state index in [9.17, 15) is 14.7 Å². The quantitative estimate of drug-likeness (QED) is 0.893. The number of hydrogen-bond acceptors (Lipinski definition) is 3. The van der Waals surface area contributed by atoms with Gasteiger partial charge in [0.25, 0.3) is 5.91 Å². The molecule has 0 aliphatic heterocycles. The molecule has 3 rings (SSSR count). The molecule has 0 radical (unpaired) electrons. The summed E-state index contributed by atoms with van der Waals surface area (Å²) in [7, 11) is 0. The number of carboxylic acid groups (broad SMARTS) is 1. The lowest BCUT2D eigenvalue weighted by Crippen LogP contribution is -2.47. The number of fused-ring (bicyclic) bond motifs is 1. The standard InChI is InChI=1S/C17H23NO3S/c19-15(18-11-17(16(20)21)8-5-9-17)14-10-12-6-3-1-2-4-7-13(12)22-14/h10H,1-9,11H2,(H,18,19)(H,20,21). The summed E-state index contributed by atoms with van der Waals surface area (Å²) >= 11 is 1.59. The number of aliphatic carboxylic acids is 1. The number of hydrogen-bond donors (Lipinski definition) is 2. The Hall–Kier alpha value is -1.36. The lowest BCUT2D eigenvalue weighted by Gasteiger charge is -2.37. The second-order valence-electron chi connectivity index (χ2n) is 6.59. The van der Waals surface area contributed by atoms with Crippen molar-refractivity contribution in [2.75, 3.05) is 6.54 Å². The average molecular weight is 321 g/mol. The molecule has 1 amide bonds. The van der Waals surface area contributed by atoms with E-state index in [0.717, 1.165) is 24.1 Å². The van der Waals surface area contributed by atoms with Crippen LogP contribution in [0.1, 0.15) is 65.1 Å². The van der Waals surface area contributed by atoms with Gasteiger partial charge in [0, 0.05) is 11.4 Å². The first kappa shape index (κ1) is 15.5. The van der Waals surface area contributed by atoms with Gasteiger partial charge in [0.15, 0.2) is 0 Å². The predicted molar refractivity (Wildman–Crippen MR) is 86.4 cm³/mol. The summed E-state index contributed by atoms with van der Waals surface area (Å²) in [5.41, 5.74) is 0.605. The van der Waals surface area contributed by atoms with Crippen molar-refractivity contribution < 1.29 is 14.7 Å². The Kier molecular flexibility index (Phi) is 4.52. The summed E-state index contributed by atoms with van der Waals surface area (Å²) in [5, 5.41) is 12.2. The van der Waals surface area contributed by atoms with E-state index < -0.39 is 11.4 Å². The molecule has 5 heteroatoms. The van der Waals surface area contributed by atoms with Gasteiger partial charge < -0.3 is 10.4 Å². The van der Waals surface area contributed by atoms with Crippen LogP contribution >= 0.6 is 11.3 Å². The summed E-state index contributed by atoms with van der Waals surface area (Å²) < 4.78 is 0. The molecular weight excluding hydrogens is 298 g/mol. The van der Waals surface area contributed by atoms with E-state index in [-0.39, 0.29) is 12.5 Å². The molecule has 0 aromatic carbocycles. The molecule has 1 heterocycles. The third-order valence-corrected chi connectivity index (χ3v) is 6.31. The number of nitrogens with one attached hydrogen (secondary N) is 1. The summed E-state index contributed by atoms with van der Waals surface area (Å²) in [6.45, 7) is 0.254. The molecule has 2 N–H and O–H groups in total. The van der Waals surface area contributed by atoms with Gasteiger partial charge in [0.2, 0.25) is 0 Å². The highest BCUT2D eigenvalue weighted by atomic mass is 32.1. The number of aryl methyl sites for hydroxylation is 2. The predicted octanol–water partition coefficient (Wildman–Crippen LogP) is 3.39. The maximum Gasteiger partial charge on any atom is 0.311 e. The minimum absolute atomic E-state index is 0.107. The van der Waals surface area contributed by atoms with Gasteiger partial charge >= 0.3 is 5.97 Å². The molecule has 2 aliphatic carbocycles. The number of carbonyl (C=O) groups is 2. The Bertz CT molecular complexity index is 549. The molecule has 1 aromatic rings. The van der Waals surface area contributed by atoms with Gasteiger partial charge in [-0.1, -0.05) is 19.3 Å². The van der Waals surface area contributed by atoms with Crippen LogP contribution in [0.15, 0.2) is 6.07 Å². The zero-order valence-electron chi connectivity index (χ0n) is 12.8. The fourth-order valence-corrected chi connectivity index (χ4v) is 4.53. The highest BCUT2D eigenvalue weighted by Crippen LogP contribution is 2.40. The second-order valence-corrected chi connectivity index (χ2v) is 7.73. The first-order valence-electron chi connectivity index (χ1n) is 8.24. The fraction of sp³-hybridized carbons (Fsp3) is 0.647. The van der Waals surface area contributed by atoms with Crippen LogP contribution in [0.25, 0.3) is 0 Å². The van der Waals surface area contributed by atoms with Crippen LogP contribution in [-0.2, 0) is 17.6 Å². The van der Waals surface area contributed by atoms with Gasteiger partial charge in [-0.25, -0.2) is 0 Å². The normalized spacial score (nSPS) is 20.2. The third kappa shape index (κ3) is 3.05. The molecule has 120 valence electrons. The molecule has 22 heavy (non-hydrogen) atoms. The van der Waals surface area contributed by atoms with E-state index >= 15 is 0 Å². The van der Waals surface area contributed by atoms with Crippen LogP contribution in [0.4, 0.5) is 0 Å². The van der Waals surface area contributed by atoms with Gasteiger partial charge in [-0.15, -0.1) is 11.3 Å². The van der Waals surface area contributed by atoms with E-state index in [4.69, 9.17) is 0 Å². The summed E-state index contributed by atoms with van der Waals surface area (Å²) in [4.78, 5) is 25.8. The molecular formula is C17H23NO3S. The average Bonchev–Trinajstić information content (AvgIpc) is 2.79. The maximum absolute atomic E-state index is 12.4. The molecule has 0 bridgehead atoms. The number of carboxylic acids is 1. The molecule has 2 aliphatic rings. The summed E-state index contributed by atoms with van der Waals surface area (Å²) in [6, 6.07) is 2.02. The van der Waals surface area contributed by atoms with E-state index in [1.165, 1.54) is 36.1 Å². The molecule has 0 spiro atoms. The summed E-state index contributed by atoms with van der Waals surface area (Å²) in [6.07, 6.45) is 9.38. The summed E-state index contributed by atoms with van der Waals surface area (Å²) in [5.74, 6) is -0.887. The van der Waals surface area contributed by atoms with Crippen LogP contribution < -0.4 is 5.32 Å². The van der Waals surface area contributed by atoms with E-state index in [0.29, 0.717) is 12.8 Å². The molecule has 1 fully saturated rings. The Labute approximate surface area is 134 Å². The lowest BCUT2D eigenvalue weighted by molar-refractivity contribution is -0.153. The van der Waals surface area contributed by atoms with Crippen molar-refractivity contribution in [3.63, 3.8) is 0 Å². The minimum Gasteiger partial charge on any atom is -0.481 e. The van der Waals surface area contributed by atoms with Crippen molar-refractivity contribution in [1.82, 2.24) is 5.32 Å². The number of rotatable bonds is 4. The SMILES string of the molecule is O=C(NCC1(C(=O)O)CCC1)c1cc2c(s1)CCCCCC2. The van der Waals surface area contributed by atoms with E-state index in [1.54, 1.807) is 11.3 Å². The van der Waals surface area contributed by atoms with Gasteiger partial charge in [-0.3, -0.25) is 9.59 Å². The van der Waals surface area contributed by atoms with Crippen molar-refractivity contribution in [3.05, 3.63) is 21.4 Å².